The van der Waals surface area contributed by atoms with Gasteiger partial charge in [0, 0.05) is 31.0 Å². The quantitative estimate of drug-likeness (QED) is 0.493. The normalized spacial score (nSPS) is 13.1. The van der Waals surface area contributed by atoms with Crippen molar-refractivity contribution in [3.05, 3.63) is 18.2 Å². The summed E-state index contributed by atoms with van der Waals surface area (Å²) in [7, 11) is 0. The van der Waals surface area contributed by atoms with Crippen LogP contribution >= 0.6 is 11.3 Å². The second-order valence-corrected chi connectivity index (χ2v) is 8.83. The summed E-state index contributed by atoms with van der Waals surface area (Å²) in [5.41, 5.74) is 0.852. The fourth-order valence-electron chi connectivity index (χ4n) is 3.65. The number of carbonyl (C=O) groups excluding carboxylic acids is 2. The van der Waals surface area contributed by atoms with Gasteiger partial charge in [-0.1, -0.05) is 44.9 Å². The van der Waals surface area contributed by atoms with Gasteiger partial charge in [0.15, 0.2) is 11.5 Å². The maximum absolute atomic E-state index is 12.9. The van der Waals surface area contributed by atoms with Gasteiger partial charge in [-0.15, -0.1) is 10.2 Å². The van der Waals surface area contributed by atoms with Gasteiger partial charge >= 0.3 is 0 Å². The molecule has 1 aromatic carbocycles. The highest BCUT2D eigenvalue weighted by Crippen LogP contribution is 2.37. The zero-order chi connectivity index (χ0) is 22.9. The van der Waals surface area contributed by atoms with Gasteiger partial charge in [-0.25, -0.2) is 0 Å². The Bertz CT molecular complexity index is 917. The number of hydrogen-bond donors (Lipinski definition) is 1. The van der Waals surface area contributed by atoms with Crippen LogP contribution in [-0.2, 0) is 9.59 Å². The van der Waals surface area contributed by atoms with Crippen molar-refractivity contribution in [1.82, 2.24) is 15.1 Å². The van der Waals surface area contributed by atoms with E-state index in [1.807, 2.05) is 30.0 Å². The van der Waals surface area contributed by atoms with Crippen LogP contribution in [0.25, 0.3) is 10.6 Å². The molecule has 0 fully saturated rings. The average Bonchev–Trinajstić information content (AvgIpc) is 3.45. The highest BCUT2D eigenvalue weighted by Gasteiger charge is 2.23. The van der Waals surface area contributed by atoms with Crippen molar-refractivity contribution in [2.75, 3.05) is 25.2 Å². The molecule has 8 nitrogen and oxygen atoms in total. The predicted octanol–water partition coefficient (Wildman–Crippen LogP) is 4.72. The first-order chi connectivity index (χ1) is 15.5. The molecule has 0 bridgehead atoms. The number of carbonyl (C=O) groups is 2. The van der Waals surface area contributed by atoms with Gasteiger partial charge < -0.3 is 19.7 Å². The monoisotopic (exact) mass is 460 g/mol. The van der Waals surface area contributed by atoms with Crippen LogP contribution in [0, 0.1) is 5.92 Å². The molecule has 0 radical (unpaired) electrons. The van der Waals surface area contributed by atoms with E-state index in [1.165, 1.54) is 11.3 Å². The molecule has 0 saturated carbocycles. The Morgan fingerprint density at radius 3 is 2.69 bits per heavy atom. The fraction of sp³-hybridized carbons (Fsp3) is 0.565. The third-order valence-corrected chi connectivity index (χ3v) is 6.34. The molecule has 1 unspecified atom stereocenters. The summed E-state index contributed by atoms with van der Waals surface area (Å²) in [6.07, 6.45) is 4.97. The Kier molecular flexibility index (Phi) is 8.84. The Labute approximate surface area is 193 Å². The number of ether oxygens (including phenoxy) is 2. The molecule has 0 aliphatic carbocycles. The molecule has 32 heavy (non-hydrogen) atoms. The SMILES string of the molecule is CCCCC(CC)C(=O)N(CCC)CCC(=O)Nc1nnc(-c2ccc3c(c2)OCO3)s1. The van der Waals surface area contributed by atoms with E-state index in [1.54, 1.807) is 0 Å². The lowest BCUT2D eigenvalue weighted by atomic mass is 9.97. The molecule has 1 atom stereocenters. The van der Waals surface area contributed by atoms with Crippen LogP contribution in [0.5, 0.6) is 11.5 Å². The molecule has 2 amide bonds. The third-order valence-electron chi connectivity index (χ3n) is 5.45. The minimum atomic E-state index is -0.172. The summed E-state index contributed by atoms with van der Waals surface area (Å²) in [6, 6.07) is 5.57. The first-order valence-corrected chi connectivity index (χ1v) is 12.2. The van der Waals surface area contributed by atoms with E-state index < -0.39 is 0 Å². The molecule has 3 rings (SSSR count). The molecule has 0 spiro atoms. The van der Waals surface area contributed by atoms with E-state index in [-0.39, 0.29) is 30.9 Å². The summed E-state index contributed by atoms with van der Waals surface area (Å²) in [6.45, 7) is 7.54. The average molecular weight is 461 g/mol. The van der Waals surface area contributed by atoms with Crippen LogP contribution in [0.1, 0.15) is 59.3 Å². The van der Waals surface area contributed by atoms with E-state index >= 15 is 0 Å². The first kappa shape index (κ1) is 24.0. The Hall–Kier alpha value is -2.68. The van der Waals surface area contributed by atoms with Crippen LogP contribution in [0.2, 0.25) is 0 Å². The molecular formula is C23H32N4O4S. The van der Waals surface area contributed by atoms with Crippen LogP contribution in [0.15, 0.2) is 18.2 Å². The number of unbranched alkanes of at least 4 members (excludes halogenated alkanes) is 1. The van der Waals surface area contributed by atoms with Crippen molar-refractivity contribution in [1.29, 1.82) is 0 Å². The number of amides is 2. The van der Waals surface area contributed by atoms with Gasteiger partial charge in [-0.3, -0.25) is 9.59 Å². The van der Waals surface area contributed by atoms with Crippen LogP contribution in [0.4, 0.5) is 5.13 Å². The summed E-state index contributed by atoms with van der Waals surface area (Å²) in [5, 5.41) is 12.2. The van der Waals surface area contributed by atoms with Crippen molar-refractivity contribution in [2.24, 2.45) is 5.92 Å². The molecule has 1 N–H and O–H groups in total. The zero-order valence-electron chi connectivity index (χ0n) is 19.1. The molecule has 2 heterocycles. The zero-order valence-corrected chi connectivity index (χ0v) is 19.9. The van der Waals surface area contributed by atoms with E-state index in [0.717, 1.165) is 37.7 Å². The fourth-order valence-corrected chi connectivity index (χ4v) is 4.41. The molecular weight excluding hydrogens is 428 g/mol. The summed E-state index contributed by atoms with van der Waals surface area (Å²) in [5.74, 6) is 1.41. The largest absolute Gasteiger partial charge is 0.454 e. The summed E-state index contributed by atoms with van der Waals surface area (Å²) < 4.78 is 10.7. The number of fused-ring (bicyclic) bond motifs is 1. The minimum Gasteiger partial charge on any atom is -0.454 e. The lowest BCUT2D eigenvalue weighted by Crippen LogP contribution is -2.38. The topological polar surface area (TPSA) is 93.7 Å². The second kappa shape index (κ2) is 11.8. The van der Waals surface area contributed by atoms with E-state index in [4.69, 9.17) is 9.47 Å². The van der Waals surface area contributed by atoms with Crippen LogP contribution < -0.4 is 14.8 Å². The Morgan fingerprint density at radius 1 is 1.12 bits per heavy atom. The number of nitrogens with one attached hydrogen (secondary N) is 1. The number of benzene rings is 1. The molecule has 1 aromatic heterocycles. The Balaban J connectivity index is 1.55. The summed E-state index contributed by atoms with van der Waals surface area (Å²) >= 11 is 1.30. The first-order valence-electron chi connectivity index (χ1n) is 11.4. The molecule has 174 valence electrons. The van der Waals surface area contributed by atoms with E-state index in [0.29, 0.717) is 34.7 Å². The van der Waals surface area contributed by atoms with E-state index in [2.05, 4.69) is 29.4 Å². The van der Waals surface area contributed by atoms with Crippen molar-refractivity contribution in [3.8, 4) is 22.1 Å². The number of hydrogen-bond acceptors (Lipinski definition) is 7. The number of nitrogens with zero attached hydrogens (tertiary/aromatic N) is 3. The maximum atomic E-state index is 12.9. The standard InChI is InChI=1S/C23H32N4O4S/c1-4-7-8-16(6-3)22(29)27(12-5-2)13-11-20(28)24-23-26-25-21(32-23)17-9-10-18-19(14-17)31-15-30-18/h9-10,14,16H,4-8,11-13,15H2,1-3H3,(H,24,26,28). The Morgan fingerprint density at radius 2 is 1.94 bits per heavy atom. The van der Waals surface area contributed by atoms with Crippen molar-refractivity contribution < 1.29 is 19.1 Å². The molecule has 9 heteroatoms. The lowest BCUT2D eigenvalue weighted by Gasteiger charge is -2.26. The third kappa shape index (κ3) is 6.18. The van der Waals surface area contributed by atoms with Crippen molar-refractivity contribution in [2.45, 2.75) is 59.3 Å². The molecule has 1 aliphatic rings. The highest BCUT2D eigenvalue weighted by molar-refractivity contribution is 7.18. The van der Waals surface area contributed by atoms with Gasteiger partial charge in [0.05, 0.1) is 0 Å². The van der Waals surface area contributed by atoms with Crippen molar-refractivity contribution in [3.63, 3.8) is 0 Å². The highest BCUT2D eigenvalue weighted by atomic mass is 32.1. The molecule has 2 aromatic rings. The molecule has 0 saturated heterocycles. The minimum absolute atomic E-state index is 0.0389. The number of anilines is 1. The van der Waals surface area contributed by atoms with Gasteiger partial charge in [0.25, 0.3) is 0 Å². The molecule has 1 aliphatic heterocycles. The van der Waals surface area contributed by atoms with Crippen LogP contribution in [-0.4, -0.2) is 46.8 Å². The number of aromatic nitrogens is 2. The maximum Gasteiger partial charge on any atom is 0.231 e. The number of rotatable bonds is 12. The lowest BCUT2D eigenvalue weighted by molar-refractivity contribution is -0.136. The van der Waals surface area contributed by atoms with Crippen molar-refractivity contribution >= 4 is 28.3 Å². The van der Waals surface area contributed by atoms with Gasteiger partial charge in [0.2, 0.25) is 23.7 Å². The van der Waals surface area contributed by atoms with Gasteiger partial charge in [0.1, 0.15) is 5.01 Å². The second-order valence-electron chi connectivity index (χ2n) is 7.85. The van der Waals surface area contributed by atoms with Gasteiger partial charge in [-0.05, 0) is 37.5 Å². The van der Waals surface area contributed by atoms with Gasteiger partial charge in [-0.2, -0.15) is 0 Å². The smallest absolute Gasteiger partial charge is 0.231 e. The predicted molar refractivity (Wildman–Crippen MR) is 125 cm³/mol. The van der Waals surface area contributed by atoms with E-state index in [9.17, 15) is 9.59 Å². The van der Waals surface area contributed by atoms with Crippen LogP contribution in [0.3, 0.4) is 0 Å². The summed E-state index contributed by atoms with van der Waals surface area (Å²) in [4.78, 5) is 27.3.